The minimum absolute atomic E-state index is 0.0742. The highest BCUT2D eigenvalue weighted by Gasteiger charge is 2.13. The molecule has 2 aromatic carbocycles. The molecule has 0 aliphatic carbocycles. The molecule has 0 fully saturated rings. The van der Waals surface area contributed by atoms with Crippen LogP contribution in [0.4, 0.5) is 10.1 Å². The van der Waals surface area contributed by atoms with Crippen LogP contribution in [-0.4, -0.2) is 15.3 Å². The maximum Gasteiger partial charge on any atom is 0.200 e. The van der Waals surface area contributed by atoms with Gasteiger partial charge in [-0.05, 0) is 24.3 Å². The van der Waals surface area contributed by atoms with E-state index in [2.05, 4.69) is 5.32 Å². The number of halogens is 3. The molecule has 0 spiro atoms. The second-order valence-corrected chi connectivity index (χ2v) is 4.85. The van der Waals surface area contributed by atoms with Crippen LogP contribution in [0.3, 0.4) is 0 Å². The van der Waals surface area contributed by atoms with E-state index in [9.17, 15) is 19.7 Å². The Morgan fingerprint density at radius 1 is 1.00 bits per heavy atom. The Hall–Kier alpha value is -1.85. The Morgan fingerprint density at radius 2 is 1.60 bits per heavy atom. The van der Waals surface area contributed by atoms with E-state index in [4.69, 9.17) is 23.2 Å². The standard InChI is InChI=1S/C13H10Cl2FNO3/c14-8-3-7(16)4-9(15)11(8)17-5-6-1-2-10(18)13(20)12(6)19/h1-4,17-20H,5H2. The molecule has 0 saturated heterocycles. The topological polar surface area (TPSA) is 72.7 Å². The van der Waals surface area contributed by atoms with Crippen molar-refractivity contribution >= 4 is 28.9 Å². The van der Waals surface area contributed by atoms with Crippen molar-refractivity contribution in [1.29, 1.82) is 0 Å². The minimum Gasteiger partial charge on any atom is -0.504 e. The number of rotatable bonds is 3. The number of phenols is 3. The Bertz CT molecular complexity index is 641. The fraction of sp³-hybridized carbons (Fsp3) is 0.0769. The Labute approximate surface area is 124 Å². The molecule has 0 bridgehead atoms. The first-order valence-corrected chi connectivity index (χ1v) is 6.27. The van der Waals surface area contributed by atoms with Crippen molar-refractivity contribution in [2.75, 3.05) is 5.32 Å². The molecule has 0 saturated carbocycles. The lowest BCUT2D eigenvalue weighted by Crippen LogP contribution is -2.01. The molecule has 20 heavy (non-hydrogen) atoms. The van der Waals surface area contributed by atoms with E-state index < -0.39 is 23.1 Å². The van der Waals surface area contributed by atoms with Gasteiger partial charge in [0.25, 0.3) is 0 Å². The van der Waals surface area contributed by atoms with Gasteiger partial charge in [0, 0.05) is 12.1 Å². The zero-order valence-corrected chi connectivity index (χ0v) is 11.5. The number of phenolic OH excluding ortho intramolecular Hbond substituents is 3. The Kier molecular flexibility index (Phi) is 4.11. The van der Waals surface area contributed by atoms with Crippen molar-refractivity contribution in [3.63, 3.8) is 0 Å². The van der Waals surface area contributed by atoms with Gasteiger partial charge in [-0.2, -0.15) is 0 Å². The number of aromatic hydroxyl groups is 3. The van der Waals surface area contributed by atoms with E-state index in [-0.39, 0.29) is 16.6 Å². The number of hydrogen-bond acceptors (Lipinski definition) is 4. The van der Waals surface area contributed by atoms with Crippen molar-refractivity contribution in [2.24, 2.45) is 0 Å². The number of hydrogen-bond donors (Lipinski definition) is 4. The SMILES string of the molecule is Oc1ccc(CNc2c(Cl)cc(F)cc2Cl)c(O)c1O. The summed E-state index contributed by atoms with van der Waals surface area (Å²) in [5.74, 6) is -2.05. The van der Waals surface area contributed by atoms with Crippen molar-refractivity contribution in [3.05, 3.63) is 45.7 Å². The summed E-state index contributed by atoms with van der Waals surface area (Å²) in [5, 5.41) is 31.3. The third kappa shape index (κ3) is 2.84. The van der Waals surface area contributed by atoms with Crippen LogP contribution >= 0.6 is 23.2 Å². The molecule has 0 heterocycles. The predicted octanol–water partition coefficient (Wildman–Crippen LogP) is 3.86. The lowest BCUT2D eigenvalue weighted by Gasteiger charge is -2.12. The van der Waals surface area contributed by atoms with Gasteiger partial charge in [-0.25, -0.2) is 4.39 Å². The van der Waals surface area contributed by atoms with E-state index in [1.165, 1.54) is 12.1 Å². The van der Waals surface area contributed by atoms with Crippen LogP contribution in [0.5, 0.6) is 17.2 Å². The summed E-state index contributed by atoms with van der Waals surface area (Å²) in [6.07, 6.45) is 0. The summed E-state index contributed by atoms with van der Waals surface area (Å²) in [5.41, 5.74) is 0.624. The molecule has 0 aromatic heterocycles. The van der Waals surface area contributed by atoms with Crippen LogP contribution < -0.4 is 5.32 Å². The van der Waals surface area contributed by atoms with Crippen LogP contribution in [0, 0.1) is 5.82 Å². The van der Waals surface area contributed by atoms with Gasteiger partial charge < -0.3 is 20.6 Å². The maximum atomic E-state index is 13.0. The molecule has 0 atom stereocenters. The van der Waals surface area contributed by atoms with E-state index in [0.29, 0.717) is 11.3 Å². The summed E-state index contributed by atoms with van der Waals surface area (Å²) < 4.78 is 13.0. The monoisotopic (exact) mass is 317 g/mol. The molecule has 2 rings (SSSR count). The third-order valence-electron chi connectivity index (χ3n) is 2.68. The molecule has 4 nitrogen and oxygen atoms in total. The Balaban J connectivity index is 2.24. The van der Waals surface area contributed by atoms with Gasteiger partial charge in [-0.1, -0.05) is 23.2 Å². The largest absolute Gasteiger partial charge is 0.504 e. The average molecular weight is 318 g/mol. The summed E-state index contributed by atoms with van der Waals surface area (Å²) in [6.45, 7) is 0.0742. The molecule has 4 N–H and O–H groups in total. The molecule has 0 amide bonds. The average Bonchev–Trinajstić information content (AvgIpc) is 2.37. The van der Waals surface area contributed by atoms with Crippen molar-refractivity contribution < 1.29 is 19.7 Å². The van der Waals surface area contributed by atoms with Gasteiger partial charge in [-0.15, -0.1) is 0 Å². The Morgan fingerprint density at radius 3 is 2.20 bits per heavy atom. The lowest BCUT2D eigenvalue weighted by atomic mass is 10.1. The van der Waals surface area contributed by atoms with Gasteiger partial charge in [0.15, 0.2) is 11.5 Å². The molecule has 0 unspecified atom stereocenters. The lowest BCUT2D eigenvalue weighted by molar-refractivity contribution is 0.365. The van der Waals surface area contributed by atoms with E-state index in [1.807, 2.05) is 0 Å². The molecule has 0 aliphatic rings. The molecule has 2 aromatic rings. The van der Waals surface area contributed by atoms with Gasteiger partial charge in [-0.3, -0.25) is 0 Å². The van der Waals surface area contributed by atoms with Gasteiger partial charge >= 0.3 is 0 Å². The van der Waals surface area contributed by atoms with Crippen LogP contribution in [0.15, 0.2) is 24.3 Å². The molecule has 0 radical (unpaired) electrons. The second-order valence-electron chi connectivity index (χ2n) is 4.04. The highest BCUT2D eigenvalue weighted by Crippen LogP contribution is 2.38. The van der Waals surface area contributed by atoms with Crippen LogP contribution in [-0.2, 0) is 6.54 Å². The number of benzene rings is 2. The van der Waals surface area contributed by atoms with Crippen LogP contribution in [0.1, 0.15) is 5.56 Å². The van der Waals surface area contributed by atoms with Gasteiger partial charge in [0.2, 0.25) is 5.75 Å². The van der Waals surface area contributed by atoms with E-state index in [1.54, 1.807) is 0 Å². The maximum absolute atomic E-state index is 13.0. The summed E-state index contributed by atoms with van der Waals surface area (Å²) in [7, 11) is 0. The molecular weight excluding hydrogens is 308 g/mol. The van der Waals surface area contributed by atoms with Crippen molar-refractivity contribution in [1.82, 2.24) is 0 Å². The summed E-state index contributed by atoms with van der Waals surface area (Å²) >= 11 is 11.7. The highest BCUT2D eigenvalue weighted by molar-refractivity contribution is 6.39. The molecule has 106 valence electrons. The summed E-state index contributed by atoms with van der Waals surface area (Å²) in [4.78, 5) is 0. The minimum atomic E-state index is -0.611. The fourth-order valence-corrected chi connectivity index (χ4v) is 2.24. The fourth-order valence-electron chi connectivity index (χ4n) is 1.65. The van der Waals surface area contributed by atoms with Crippen molar-refractivity contribution in [3.8, 4) is 17.2 Å². The smallest absolute Gasteiger partial charge is 0.200 e. The normalized spacial score (nSPS) is 10.6. The quantitative estimate of drug-likeness (QED) is 0.649. The highest BCUT2D eigenvalue weighted by atomic mass is 35.5. The first-order chi connectivity index (χ1) is 9.40. The molecular formula is C13H10Cl2FNO3. The van der Waals surface area contributed by atoms with E-state index in [0.717, 1.165) is 12.1 Å². The first-order valence-electron chi connectivity index (χ1n) is 5.51. The zero-order chi connectivity index (χ0) is 14.9. The van der Waals surface area contributed by atoms with Gasteiger partial charge in [0.1, 0.15) is 5.82 Å². The van der Waals surface area contributed by atoms with Crippen LogP contribution in [0.25, 0.3) is 0 Å². The number of anilines is 1. The van der Waals surface area contributed by atoms with E-state index >= 15 is 0 Å². The van der Waals surface area contributed by atoms with Crippen molar-refractivity contribution in [2.45, 2.75) is 6.54 Å². The predicted molar refractivity (Wildman–Crippen MR) is 75.2 cm³/mol. The third-order valence-corrected chi connectivity index (χ3v) is 3.27. The molecule has 0 aliphatic heterocycles. The summed E-state index contributed by atoms with van der Waals surface area (Å²) in [6, 6.07) is 4.86. The van der Waals surface area contributed by atoms with Crippen LogP contribution in [0.2, 0.25) is 10.0 Å². The zero-order valence-electron chi connectivity index (χ0n) is 9.99. The second kappa shape index (κ2) is 5.64. The van der Waals surface area contributed by atoms with Gasteiger partial charge in [0.05, 0.1) is 15.7 Å². The molecule has 7 heteroatoms. The number of nitrogens with one attached hydrogen (secondary N) is 1. The first kappa shape index (κ1) is 14.6.